The van der Waals surface area contributed by atoms with E-state index in [4.69, 9.17) is 5.73 Å². The lowest BCUT2D eigenvalue weighted by molar-refractivity contribution is 0.373. The van der Waals surface area contributed by atoms with Crippen molar-refractivity contribution in [1.82, 2.24) is 5.32 Å². The predicted molar refractivity (Wildman–Crippen MR) is 86.7 cm³/mol. The van der Waals surface area contributed by atoms with Gasteiger partial charge >= 0.3 is 0 Å². The van der Waals surface area contributed by atoms with Crippen molar-refractivity contribution in [1.29, 1.82) is 0 Å². The highest BCUT2D eigenvalue weighted by Crippen LogP contribution is 2.27. The van der Waals surface area contributed by atoms with Crippen LogP contribution in [0.4, 0.5) is 0 Å². The van der Waals surface area contributed by atoms with E-state index in [0.29, 0.717) is 18.0 Å². The first-order valence-electron chi connectivity index (χ1n) is 8.15. The zero-order valence-electron chi connectivity index (χ0n) is 13.2. The molecular weight excluding hydrogens is 244 g/mol. The number of hydrogen-bond acceptors (Lipinski definition) is 2. The van der Waals surface area contributed by atoms with Gasteiger partial charge in [0.1, 0.15) is 0 Å². The van der Waals surface area contributed by atoms with E-state index < -0.39 is 0 Å². The molecule has 0 heterocycles. The number of nitrogens with two attached hydrogens (primary N) is 1. The first kappa shape index (κ1) is 15.5. The fourth-order valence-electron chi connectivity index (χ4n) is 3.37. The van der Waals surface area contributed by atoms with E-state index in [2.05, 4.69) is 50.4 Å². The average Bonchev–Trinajstić information content (AvgIpc) is 2.86. The molecule has 1 aromatic carbocycles. The Kier molecular flexibility index (Phi) is 5.62. The monoisotopic (exact) mass is 274 g/mol. The Balaban J connectivity index is 1.93. The number of hydrogen-bond donors (Lipinski definition) is 2. The normalized spacial score (nSPS) is 24.2. The third-order valence-corrected chi connectivity index (χ3v) is 4.55. The van der Waals surface area contributed by atoms with Crippen molar-refractivity contribution >= 4 is 0 Å². The van der Waals surface area contributed by atoms with E-state index in [1.807, 2.05) is 0 Å². The first-order chi connectivity index (χ1) is 9.60. The second kappa shape index (κ2) is 7.24. The van der Waals surface area contributed by atoms with Gasteiger partial charge in [-0.05, 0) is 55.7 Å². The molecule has 0 saturated heterocycles. The van der Waals surface area contributed by atoms with Crippen molar-refractivity contribution in [3.8, 4) is 0 Å². The molecule has 3 unspecified atom stereocenters. The summed E-state index contributed by atoms with van der Waals surface area (Å²) in [5, 5.41) is 3.78. The van der Waals surface area contributed by atoms with Crippen molar-refractivity contribution in [2.75, 3.05) is 6.54 Å². The van der Waals surface area contributed by atoms with Crippen LogP contribution >= 0.6 is 0 Å². The highest BCUT2D eigenvalue weighted by Gasteiger charge is 2.27. The van der Waals surface area contributed by atoms with Gasteiger partial charge < -0.3 is 11.1 Å². The van der Waals surface area contributed by atoms with Crippen molar-refractivity contribution in [2.24, 2.45) is 17.6 Å². The summed E-state index contributed by atoms with van der Waals surface area (Å²) >= 11 is 0. The van der Waals surface area contributed by atoms with Gasteiger partial charge in [-0.15, -0.1) is 0 Å². The molecule has 0 aliphatic heterocycles. The predicted octanol–water partition coefficient (Wildman–Crippen LogP) is 3.66. The summed E-state index contributed by atoms with van der Waals surface area (Å²) in [5.74, 6) is 1.39. The summed E-state index contributed by atoms with van der Waals surface area (Å²) in [6.45, 7) is 7.62. The summed E-state index contributed by atoms with van der Waals surface area (Å²) < 4.78 is 0. The SMILES string of the molecule is CC(C)Cc1ccc(C(C)NC2CCCC2CN)cc1. The van der Waals surface area contributed by atoms with E-state index >= 15 is 0 Å². The van der Waals surface area contributed by atoms with Crippen molar-refractivity contribution in [3.63, 3.8) is 0 Å². The summed E-state index contributed by atoms with van der Waals surface area (Å²) in [6.07, 6.45) is 5.05. The summed E-state index contributed by atoms with van der Waals surface area (Å²) in [4.78, 5) is 0. The minimum Gasteiger partial charge on any atom is -0.330 e. The second-order valence-corrected chi connectivity index (χ2v) is 6.76. The van der Waals surface area contributed by atoms with E-state index in [1.54, 1.807) is 0 Å². The Morgan fingerprint density at radius 2 is 1.85 bits per heavy atom. The van der Waals surface area contributed by atoms with E-state index in [9.17, 15) is 0 Å². The molecule has 2 nitrogen and oxygen atoms in total. The number of rotatable bonds is 6. The van der Waals surface area contributed by atoms with Crippen LogP contribution in [0.5, 0.6) is 0 Å². The van der Waals surface area contributed by atoms with Gasteiger partial charge in [0.15, 0.2) is 0 Å². The molecule has 0 radical (unpaired) electrons. The largest absolute Gasteiger partial charge is 0.330 e. The fourth-order valence-corrected chi connectivity index (χ4v) is 3.37. The summed E-state index contributed by atoms with van der Waals surface area (Å²) in [6, 6.07) is 10.1. The standard InChI is InChI=1S/C18H30N2/c1-13(2)11-15-7-9-16(10-8-15)14(3)20-18-6-4-5-17(18)12-19/h7-10,13-14,17-18,20H,4-6,11-12,19H2,1-3H3. The second-order valence-electron chi connectivity index (χ2n) is 6.76. The van der Waals surface area contributed by atoms with Gasteiger partial charge in [-0.1, -0.05) is 44.5 Å². The maximum atomic E-state index is 5.86. The van der Waals surface area contributed by atoms with Crippen LogP contribution in [0.3, 0.4) is 0 Å². The molecule has 0 spiro atoms. The van der Waals surface area contributed by atoms with Gasteiger partial charge in [0.25, 0.3) is 0 Å². The fraction of sp³-hybridized carbons (Fsp3) is 0.667. The van der Waals surface area contributed by atoms with Gasteiger partial charge in [-0.25, -0.2) is 0 Å². The van der Waals surface area contributed by atoms with E-state index in [-0.39, 0.29) is 0 Å². The molecule has 3 N–H and O–H groups in total. The van der Waals surface area contributed by atoms with Gasteiger partial charge in [-0.2, -0.15) is 0 Å². The molecule has 0 bridgehead atoms. The molecule has 0 amide bonds. The van der Waals surface area contributed by atoms with E-state index in [1.165, 1.54) is 36.8 Å². The van der Waals surface area contributed by atoms with Crippen LogP contribution in [0.25, 0.3) is 0 Å². The minimum absolute atomic E-state index is 0.417. The highest BCUT2D eigenvalue weighted by molar-refractivity contribution is 5.25. The topological polar surface area (TPSA) is 38.0 Å². The minimum atomic E-state index is 0.417. The van der Waals surface area contributed by atoms with Crippen LogP contribution in [0, 0.1) is 11.8 Å². The van der Waals surface area contributed by atoms with Gasteiger partial charge in [-0.3, -0.25) is 0 Å². The lowest BCUT2D eigenvalue weighted by Gasteiger charge is -2.24. The molecule has 1 aliphatic rings. The van der Waals surface area contributed by atoms with Crippen LogP contribution in [-0.4, -0.2) is 12.6 Å². The Hall–Kier alpha value is -0.860. The lowest BCUT2D eigenvalue weighted by atomic mass is 9.98. The zero-order chi connectivity index (χ0) is 14.5. The third kappa shape index (κ3) is 4.07. The molecule has 3 atom stereocenters. The molecule has 1 aliphatic carbocycles. The molecule has 112 valence electrons. The van der Waals surface area contributed by atoms with Crippen molar-refractivity contribution < 1.29 is 0 Å². The Bertz CT molecular complexity index is 396. The Morgan fingerprint density at radius 3 is 2.45 bits per heavy atom. The van der Waals surface area contributed by atoms with Crippen molar-refractivity contribution in [2.45, 2.75) is 58.5 Å². The molecule has 0 aromatic heterocycles. The molecule has 20 heavy (non-hydrogen) atoms. The molecular formula is C18H30N2. The van der Waals surface area contributed by atoms with Gasteiger partial charge in [0.2, 0.25) is 0 Å². The molecule has 1 aromatic rings. The third-order valence-electron chi connectivity index (χ3n) is 4.55. The van der Waals surface area contributed by atoms with Crippen LogP contribution in [0.2, 0.25) is 0 Å². The molecule has 1 saturated carbocycles. The van der Waals surface area contributed by atoms with Crippen LogP contribution in [-0.2, 0) is 6.42 Å². The lowest BCUT2D eigenvalue weighted by Crippen LogP contribution is -2.37. The first-order valence-corrected chi connectivity index (χ1v) is 8.15. The molecule has 2 heteroatoms. The van der Waals surface area contributed by atoms with Crippen LogP contribution < -0.4 is 11.1 Å². The number of benzene rings is 1. The zero-order valence-corrected chi connectivity index (χ0v) is 13.2. The number of nitrogens with one attached hydrogen (secondary N) is 1. The average molecular weight is 274 g/mol. The van der Waals surface area contributed by atoms with Crippen LogP contribution in [0.1, 0.15) is 57.2 Å². The van der Waals surface area contributed by atoms with Crippen molar-refractivity contribution in [3.05, 3.63) is 35.4 Å². The van der Waals surface area contributed by atoms with Crippen LogP contribution in [0.15, 0.2) is 24.3 Å². The quantitative estimate of drug-likeness (QED) is 0.830. The van der Waals surface area contributed by atoms with E-state index in [0.717, 1.165) is 12.5 Å². The summed E-state index contributed by atoms with van der Waals surface area (Å²) in [7, 11) is 0. The highest BCUT2D eigenvalue weighted by atomic mass is 15.0. The summed E-state index contributed by atoms with van der Waals surface area (Å²) in [5.41, 5.74) is 8.70. The Morgan fingerprint density at radius 1 is 1.15 bits per heavy atom. The van der Waals surface area contributed by atoms with Gasteiger partial charge in [0.05, 0.1) is 0 Å². The maximum Gasteiger partial charge on any atom is 0.0294 e. The molecule has 1 fully saturated rings. The maximum absolute atomic E-state index is 5.86. The molecule has 2 rings (SSSR count). The van der Waals surface area contributed by atoms with Gasteiger partial charge in [0, 0.05) is 12.1 Å². The Labute approximate surface area is 124 Å². The smallest absolute Gasteiger partial charge is 0.0294 e.